The van der Waals surface area contributed by atoms with E-state index in [1.54, 1.807) is 6.26 Å². The Morgan fingerprint density at radius 1 is 1.33 bits per heavy atom. The van der Waals surface area contributed by atoms with Gasteiger partial charge in [-0.3, -0.25) is 0 Å². The molecule has 0 amide bonds. The van der Waals surface area contributed by atoms with Crippen LogP contribution in [0.25, 0.3) is 0 Å². The Bertz CT molecular complexity index is 478. The number of ether oxygens (including phenoxy) is 1. The molecule has 96 valence electrons. The van der Waals surface area contributed by atoms with E-state index in [0.717, 1.165) is 43.4 Å². The predicted molar refractivity (Wildman–Crippen MR) is 71.3 cm³/mol. The van der Waals surface area contributed by atoms with E-state index in [2.05, 4.69) is 25.1 Å². The Morgan fingerprint density at radius 2 is 2.17 bits per heavy atom. The van der Waals surface area contributed by atoms with Gasteiger partial charge in [-0.15, -0.1) is 0 Å². The van der Waals surface area contributed by atoms with Crippen LogP contribution >= 0.6 is 0 Å². The summed E-state index contributed by atoms with van der Waals surface area (Å²) < 4.78 is 5.42. The fraction of sp³-hybridized carbons (Fsp3) is 0.500. The number of benzene rings is 1. The van der Waals surface area contributed by atoms with Crippen LogP contribution in [-0.2, 0) is 10.3 Å². The lowest BCUT2D eigenvalue weighted by molar-refractivity contribution is 0.0395. The van der Waals surface area contributed by atoms with Crippen molar-refractivity contribution in [3.8, 4) is 0 Å². The maximum atomic E-state index is 11.1. The molecule has 0 bridgehead atoms. The second kappa shape index (κ2) is 4.43. The van der Waals surface area contributed by atoms with Gasteiger partial charge in [0.1, 0.15) is 5.60 Å². The highest BCUT2D eigenvalue weighted by atomic mass is 16.5. The molecule has 1 heterocycles. The van der Waals surface area contributed by atoms with Crippen molar-refractivity contribution in [2.75, 3.05) is 6.61 Å². The molecule has 0 fully saturated rings. The van der Waals surface area contributed by atoms with E-state index in [9.17, 15) is 5.11 Å². The average Bonchev–Trinajstić information content (AvgIpc) is 2.44. The van der Waals surface area contributed by atoms with Crippen molar-refractivity contribution >= 4 is 0 Å². The molecule has 3 rings (SSSR count). The van der Waals surface area contributed by atoms with Crippen molar-refractivity contribution in [2.45, 2.75) is 44.1 Å². The molecule has 1 aromatic rings. The van der Waals surface area contributed by atoms with Crippen molar-refractivity contribution in [1.29, 1.82) is 0 Å². The molecular weight excluding hydrogens is 224 g/mol. The zero-order chi connectivity index (χ0) is 12.6. The topological polar surface area (TPSA) is 29.5 Å². The summed E-state index contributed by atoms with van der Waals surface area (Å²) in [6.45, 7) is 3.02. The van der Waals surface area contributed by atoms with Crippen LogP contribution in [0, 0.1) is 0 Å². The lowest BCUT2D eigenvalue weighted by atomic mass is 9.70. The molecule has 18 heavy (non-hydrogen) atoms. The van der Waals surface area contributed by atoms with Crippen molar-refractivity contribution in [1.82, 2.24) is 0 Å². The predicted octanol–water partition coefficient (Wildman–Crippen LogP) is 3.47. The summed E-state index contributed by atoms with van der Waals surface area (Å²) in [7, 11) is 0. The molecule has 0 aromatic heterocycles. The first-order valence-electron chi connectivity index (χ1n) is 6.85. The van der Waals surface area contributed by atoms with Gasteiger partial charge in [-0.05, 0) is 42.7 Å². The van der Waals surface area contributed by atoms with Gasteiger partial charge in [0.25, 0.3) is 0 Å². The quantitative estimate of drug-likeness (QED) is 0.819. The summed E-state index contributed by atoms with van der Waals surface area (Å²) in [4.78, 5) is 0. The molecule has 0 spiro atoms. The van der Waals surface area contributed by atoms with Crippen molar-refractivity contribution in [2.24, 2.45) is 0 Å². The highest BCUT2D eigenvalue weighted by Gasteiger charge is 2.40. The van der Waals surface area contributed by atoms with Gasteiger partial charge in [0.05, 0.1) is 12.9 Å². The highest BCUT2D eigenvalue weighted by molar-refractivity contribution is 5.42. The smallest absolute Gasteiger partial charge is 0.114 e. The molecule has 2 unspecified atom stereocenters. The number of rotatable bonds is 1. The Hall–Kier alpha value is -1.28. The third kappa shape index (κ3) is 1.76. The summed E-state index contributed by atoms with van der Waals surface area (Å²) in [5, 5.41) is 11.1. The van der Waals surface area contributed by atoms with E-state index in [1.807, 2.05) is 6.07 Å². The van der Waals surface area contributed by atoms with Gasteiger partial charge in [-0.25, -0.2) is 0 Å². The van der Waals surface area contributed by atoms with Crippen LogP contribution in [0.15, 0.2) is 36.1 Å². The molecule has 2 atom stereocenters. The fourth-order valence-corrected chi connectivity index (χ4v) is 3.22. The molecule has 1 N–H and O–H groups in total. The molecule has 1 aromatic carbocycles. The summed E-state index contributed by atoms with van der Waals surface area (Å²) in [5.41, 5.74) is 2.62. The first kappa shape index (κ1) is 11.8. The fourth-order valence-electron chi connectivity index (χ4n) is 3.22. The van der Waals surface area contributed by atoms with Gasteiger partial charge in [0.15, 0.2) is 0 Å². The van der Waals surface area contributed by atoms with E-state index in [0.29, 0.717) is 5.92 Å². The second-order valence-corrected chi connectivity index (χ2v) is 5.50. The number of aliphatic hydroxyl groups is 1. The first-order chi connectivity index (χ1) is 8.72. The largest absolute Gasteiger partial charge is 0.501 e. The van der Waals surface area contributed by atoms with E-state index in [-0.39, 0.29) is 0 Å². The van der Waals surface area contributed by atoms with Crippen LogP contribution in [0.3, 0.4) is 0 Å². The lowest BCUT2D eigenvalue weighted by Crippen LogP contribution is -2.34. The van der Waals surface area contributed by atoms with Gasteiger partial charge in [-0.2, -0.15) is 0 Å². The second-order valence-electron chi connectivity index (χ2n) is 5.50. The summed E-state index contributed by atoms with van der Waals surface area (Å²) in [6.07, 6.45) is 5.58. The SMILES string of the molecule is CC1CCC(O)(C2=COCCC2)c2ccccc21. The van der Waals surface area contributed by atoms with Crippen LogP contribution in [0.5, 0.6) is 0 Å². The average molecular weight is 244 g/mol. The summed E-state index contributed by atoms with van der Waals surface area (Å²) in [5.74, 6) is 0.534. The minimum Gasteiger partial charge on any atom is -0.501 e. The standard InChI is InChI=1S/C16H20O2/c1-12-8-9-16(17,13-5-4-10-18-11-13)15-7-3-2-6-14(12)15/h2-3,6-7,11-12,17H,4-5,8-10H2,1H3. The molecule has 1 aliphatic carbocycles. The van der Waals surface area contributed by atoms with E-state index >= 15 is 0 Å². The molecule has 2 nitrogen and oxygen atoms in total. The maximum absolute atomic E-state index is 11.1. The van der Waals surface area contributed by atoms with Gasteiger partial charge in [0.2, 0.25) is 0 Å². The zero-order valence-electron chi connectivity index (χ0n) is 10.9. The van der Waals surface area contributed by atoms with Crippen LogP contribution in [0.4, 0.5) is 0 Å². The molecular formula is C16H20O2. The van der Waals surface area contributed by atoms with Crippen molar-refractivity contribution in [3.05, 3.63) is 47.2 Å². The van der Waals surface area contributed by atoms with Crippen LogP contribution in [-0.4, -0.2) is 11.7 Å². The van der Waals surface area contributed by atoms with E-state index in [4.69, 9.17) is 4.74 Å². The van der Waals surface area contributed by atoms with Gasteiger partial charge in [0, 0.05) is 5.57 Å². The Kier molecular flexibility index (Phi) is 2.90. The highest BCUT2D eigenvalue weighted by Crippen LogP contribution is 2.46. The number of hydrogen-bond donors (Lipinski definition) is 1. The first-order valence-corrected chi connectivity index (χ1v) is 6.85. The maximum Gasteiger partial charge on any atom is 0.114 e. The minimum atomic E-state index is -0.802. The van der Waals surface area contributed by atoms with E-state index < -0.39 is 5.60 Å². The lowest BCUT2D eigenvalue weighted by Gasteiger charge is -2.39. The van der Waals surface area contributed by atoms with E-state index in [1.165, 1.54) is 5.56 Å². The molecule has 0 radical (unpaired) electrons. The van der Waals surface area contributed by atoms with Gasteiger partial charge in [-0.1, -0.05) is 31.2 Å². The van der Waals surface area contributed by atoms with Crippen LogP contribution in [0.2, 0.25) is 0 Å². The number of hydrogen-bond acceptors (Lipinski definition) is 2. The molecule has 2 heteroatoms. The molecule has 1 aliphatic heterocycles. The Balaban J connectivity index is 2.08. The van der Waals surface area contributed by atoms with Crippen molar-refractivity contribution in [3.63, 3.8) is 0 Å². The molecule has 0 saturated carbocycles. The van der Waals surface area contributed by atoms with Crippen LogP contribution in [0.1, 0.15) is 49.7 Å². The third-order valence-electron chi connectivity index (χ3n) is 4.34. The third-order valence-corrected chi connectivity index (χ3v) is 4.34. The van der Waals surface area contributed by atoms with Gasteiger partial charge < -0.3 is 9.84 Å². The normalized spacial score (nSPS) is 31.2. The summed E-state index contributed by atoms with van der Waals surface area (Å²) >= 11 is 0. The minimum absolute atomic E-state index is 0.534. The number of fused-ring (bicyclic) bond motifs is 1. The molecule has 2 aliphatic rings. The Labute approximate surface area is 108 Å². The van der Waals surface area contributed by atoms with Gasteiger partial charge >= 0.3 is 0 Å². The Morgan fingerprint density at radius 3 is 2.94 bits per heavy atom. The van der Waals surface area contributed by atoms with Crippen molar-refractivity contribution < 1.29 is 9.84 Å². The van der Waals surface area contributed by atoms with Crippen LogP contribution < -0.4 is 0 Å². The molecule has 0 saturated heterocycles. The monoisotopic (exact) mass is 244 g/mol. The summed E-state index contributed by atoms with van der Waals surface area (Å²) in [6, 6.07) is 8.30. The zero-order valence-corrected chi connectivity index (χ0v) is 10.9.